The van der Waals surface area contributed by atoms with E-state index in [-0.39, 0.29) is 11.9 Å². The molecule has 0 radical (unpaired) electrons. The first-order valence-electron chi connectivity index (χ1n) is 5.75. The molecule has 0 aliphatic carbocycles. The van der Waals surface area contributed by atoms with Gasteiger partial charge in [0.05, 0.1) is 12.3 Å². The number of hydrogen-bond acceptors (Lipinski definition) is 2. The topological polar surface area (TPSA) is 25.2 Å². The van der Waals surface area contributed by atoms with Crippen LogP contribution in [0.1, 0.15) is 29.9 Å². The number of furan rings is 1. The maximum atomic E-state index is 13.2. The van der Waals surface area contributed by atoms with Gasteiger partial charge in [-0.3, -0.25) is 0 Å². The van der Waals surface area contributed by atoms with Crippen LogP contribution < -0.4 is 5.32 Å². The third-order valence-corrected chi connectivity index (χ3v) is 2.75. The van der Waals surface area contributed by atoms with E-state index >= 15 is 0 Å². The number of aryl methyl sites for hydroxylation is 1. The normalized spacial score (nSPS) is 12.6. The van der Waals surface area contributed by atoms with Crippen LogP contribution in [-0.4, -0.2) is 6.54 Å². The van der Waals surface area contributed by atoms with Gasteiger partial charge in [0.1, 0.15) is 11.6 Å². The van der Waals surface area contributed by atoms with Crippen LogP contribution in [0.3, 0.4) is 0 Å². The van der Waals surface area contributed by atoms with E-state index in [1.165, 1.54) is 6.07 Å². The van der Waals surface area contributed by atoms with Gasteiger partial charge in [-0.2, -0.15) is 0 Å². The largest absolute Gasteiger partial charge is 0.467 e. The third-order valence-electron chi connectivity index (χ3n) is 2.75. The average molecular weight is 233 g/mol. The SMILES string of the molecule is CCNC(c1ccc(F)c(C)c1)c1ccco1. The van der Waals surface area contributed by atoms with E-state index in [4.69, 9.17) is 4.42 Å². The number of halogens is 1. The predicted octanol–water partition coefficient (Wildman–Crippen LogP) is 3.43. The molecule has 0 amide bonds. The summed E-state index contributed by atoms with van der Waals surface area (Å²) < 4.78 is 18.7. The lowest BCUT2D eigenvalue weighted by molar-refractivity contribution is 0.451. The molecule has 0 bridgehead atoms. The second-order valence-corrected chi connectivity index (χ2v) is 4.01. The Morgan fingerprint density at radius 1 is 1.35 bits per heavy atom. The Kier molecular flexibility index (Phi) is 3.59. The van der Waals surface area contributed by atoms with E-state index in [0.29, 0.717) is 5.56 Å². The van der Waals surface area contributed by atoms with E-state index in [1.807, 2.05) is 25.1 Å². The van der Waals surface area contributed by atoms with Crippen LogP contribution in [0.4, 0.5) is 4.39 Å². The molecule has 1 N–H and O–H groups in total. The van der Waals surface area contributed by atoms with Crippen molar-refractivity contribution in [1.82, 2.24) is 5.32 Å². The Labute approximate surface area is 100 Å². The van der Waals surface area contributed by atoms with E-state index in [9.17, 15) is 4.39 Å². The highest BCUT2D eigenvalue weighted by atomic mass is 19.1. The Morgan fingerprint density at radius 2 is 2.18 bits per heavy atom. The van der Waals surface area contributed by atoms with Crippen molar-refractivity contribution in [2.24, 2.45) is 0 Å². The summed E-state index contributed by atoms with van der Waals surface area (Å²) in [6.45, 7) is 4.62. The van der Waals surface area contributed by atoms with Crippen LogP contribution in [-0.2, 0) is 0 Å². The third kappa shape index (κ3) is 2.56. The summed E-state index contributed by atoms with van der Waals surface area (Å²) in [6, 6.07) is 8.90. The molecule has 3 heteroatoms. The summed E-state index contributed by atoms with van der Waals surface area (Å²) in [5, 5.41) is 3.33. The zero-order chi connectivity index (χ0) is 12.3. The zero-order valence-corrected chi connectivity index (χ0v) is 10.0. The van der Waals surface area contributed by atoms with Crippen LogP contribution in [0.2, 0.25) is 0 Å². The van der Waals surface area contributed by atoms with Gasteiger partial charge < -0.3 is 9.73 Å². The summed E-state index contributed by atoms with van der Waals surface area (Å²) in [5.74, 6) is 0.668. The smallest absolute Gasteiger partial charge is 0.126 e. The van der Waals surface area contributed by atoms with Gasteiger partial charge in [0.15, 0.2) is 0 Å². The van der Waals surface area contributed by atoms with Crippen molar-refractivity contribution in [3.05, 3.63) is 59.3 Å². The molecular formula is C14H16FNO. The Hall–Kier alpha value is -1.61. The van der Waals surface area contributed by atoms with Crippen LogP contribution in [0.25, 0.3) is 0 Å². The molecule has 0 aliphatic heterocycles. The fourth-order valence-electron chi connectivity index (χ4n) is 1.89. The lowest BCUT2D eigenvalue weighted by atomic mass is 10.0. The van der Waals surface area contributed by atoms with Crippen molar-refractivity contribution >= 4 is 0 Å². The summed E-state index contributed by atoms with van der Waals surface area (Å²) >= 11 is 0. The van der Waals surface area contributed by atoms with Crippen molar-refractivity contribution in [2.45, 2.75) is 19.9 Å². The van der Waals surface area contributed by atoms with Gasteiger partial charge in [0.2, 0.25) is 0 Å². The molecule has 0 saturated carbocycles. The van der Waals surface area contributed by atoms with E-state index in [1.54, 1.807) is 19.3 Å². The highest BCUT2D eigenvalue weighted by molar-refractivity contribution is 5.31. The highest BCUT2D eigenvalue weighted by Gasteiger charge is 2.16. The zero-order valence-electron chi connectivity index (χ0n) is 10.0. The Balaban J connectivity index is 2.35. The fraction of sp³-hybridized carbons (Fsp3) is 0.286. The molecule has 90 valence electrons. The summed E-state index contributed by atoms with van der Waals surface area (Å²) in [4.78, 5) is 0. The second-order valence-electron chi connectivity index (χ2n) is 4.01. The molecular weight excluding hydrogens is 217 g/mol. The second kappa shape index (κ2) is 5.15. The number of hydrogen-bond donors (Lipinski definition) is 1. The fourth-order valence-corrected chi connectivity index (χ4v) is 1.89. The highest BCUT2D eigenvalue weighted by Crippen LogP contribution is 2.24. The monoisotopic (exact) mass is 233 g/mol. The molecule has 2 aromatic rings. The minimum Gasteiger partial charge on any atom is -0.467 e. The molecule has 0 spiro atoms. The van der Waals surface area contributed by atoms with Crippen molar-refractivity contribution in [1.29, 1.82) is 0 Å². The van der Waals surface area contributed by atoms with Crippen LogP contribution in [0.5, 0.6) is 0 Å². The average Bonchev–Trinajstić information content (AvgIpc) is 2.83. The lowest BCUT2D eigenvalue weighted by Crippen LogP contribution is -2.21. The van der Waals surface area contributed by atoms with Gasteiger partial charge >= 0.3 is 0 Å². The van der Waals surface area contributed by atoms with Crippen LogP contribution in [0.15, 0.2) is 41.0 Å². The van der Waals surface area contributed by atoms with Gasteiger partial charge in [-0.25, -0.2) is 4.39 Å². The molecule has 17 heavy (non-hydrogen) atoms. The minimum absolute atomic E-state index is 0.0192. The van der Waals surface area contributed by atoms with Crippen molar-refractivity contribution < 1.29 is 8.81 Å². The first-order valence-corrected chi connectivity index (χ1v) is 5.75. The van der Waals surface area contributed by atoms with Gasteiger partial charge in [0.25, 0.3) is 0 Å². The van der Waals surface area contributed by atoms with Crippen LogP contribution >= 0.6 is 0 Å². The summed E-state index contributed by atoms with van der Waals surface area (Å²) in [6.07, 6.45) is 1.65. The summed E-state index contributed by atoms with van der Waals surface area (Å²) in [7, 11) is 0. The van der Waals surface area contributed by atoms with Gasteiger partial charge in [0, 0.05) is 0 Å². The maximum Gasteiger partial charge on any atom is 0.126 e. The van der Waals surface area contributed by atoms with Gasteiger partial charge in [-0.1, -0.05) is 19.1 Å². The molecule has 0 fully saturated rings. The molecule has 1 heterocycles. The van der Waals surface area contributed by atoms with Gasteiger partial charge in [-0.05, 0) is 42.8 Å². The summed E-state index contributed by atoms with van der Waals surface area (Å²) in [5.41, 5.74) is 1.66. The molecule has 0 aliphatic rings. The number of nitrogens with one attached hydrogen (secondary N) is 1. The molecule has 1 unspecified atom stereocenters. The maximum absolute atomic E-state index is 13.2. The first-order chi connectivity index (χ1) is 8.22. The number of benzene rings is 1. The standard InChI is InChI=1S/C14H16FNO/c1-3-16-14(13-5-4-8-17-13)11-6-7-12(15)10(2)9-11/h4-9,14,16H,3H2,1-2H3. The van der Waals surface area contributed by atoms with Crippen molar-refractivity contribution in [3.63, 3.8) is 0 Å². The Bertz CT molecular complexity index is 479. The lowest BCUT2D eigenvalue weighted by Gasteiger charge is -2.16. The molecule has 2 nitrogen and oxygen atoms in total. The van der Waals surface area contributed by atoms with E-state index in [2.05, 4.69) is 5.32 Å². The quantitative estimate of drug-likeness (QED) is 0.875. The van der Waals surface area contributed by atoms with Gasteiger partial charge in [-0.15, -0.1) is 0 Å². The van der Waals surface area contributed by atoms with Crippen LogP contribution in [0, 0.1) is 12.7 Å². The van der Waals surface area contributed by atoms with E-state index < -0.39 is 0 Å². The molecule has 0 saturated heterocycles. The molecule has 1 aromatic heterocycles. The molecule has 2 rings (SSSR count). The number of rotatable bonds is 4. The Morgan fingerprint density at radius 3 is 2.76 bits per heavy atom. The first kappa shape index (κ1) is 11.9. The van der Waals surface area contributed by atoms with Crippen molar-refractivity contribution in [3.8, 4) is 0 Å². The molecule has 1 atom stereocenters. The van der Waals surface area contributed by atoms with E-state index in [0.717, 1.165) is 17.9 Å². The van der Waals surface area contributed by atoms with Crippen molar-refractivity contribution in [2.75, 3.05) is 6.54 Å². The predicted molar refractivity (Wildman–Crippen MR) is 65.4 cm³/mol. The minimum atomic E-state index is -0.177. The molecule has 1 aromatic carbocycles.